The number of benzene rings is 2. The summed E-state index contributed by atoms with van der Waals surface area (Å²) in [5, 5.41) is 8.97. The molecule has 0 fully saturated rings. The molecule has 0 atom stereocenters. The minimum absolute atomic E-state index is 0.244. The number of pyridine rings is 1. The van der Waals surface area contributed by atoms with Gasteiger partial charge < -0.3 is 4.74 Å². The Labute approximate surface area is 182 Å². The lowest BCUT2D eigenvalue weighted by Gasteiger charge is -2.09. The number of ether oxygens (including phenoxy) is 1. The van der Waals surface area contributed by atoms with Crippen molar-refractivity contribution in [2.24, 2.45) is 4.99 Å². The second kappa shape index (κ2) is 10.6. The fourth-order valence-electron chi connectivity index (χ4n) is 3.22. The van der Waals surface area contributed by atoms with Crippen LogP contribution in [-0.2, 0) is 34.0 Å². The Morgan fingerprint density at radius 2 is 1.74 bits per heavy atom. The predicted octanol–water partition coefficient (Wildman–Crippen LogP) is 4.16. The maximum Gasteiger partial charge on any atom is 0.206 e. The van der Waals surface area contributed by atoms with E-state index in [-0.39, 0.29) is 9.79 Å². The summed E-state index contributed by atoms with van der Waals surface area (Å²) in [4.78, 5) is 8.44. The third kappa shape index (κ3) is 6.07. The number of sulfone groups is 1. The number of aromatic nitrogens is 1. The van der Waals surface area contributed by atoms with E-state index in [1.807, 2.05) is 36.5 Å². The van der Waals surface area contributed by atoms with Gasteiger partial charge in [0.05, 0.1) is 16.4 Å². The Kier molecular flexibility index (Phi) is 7.65. The Morgan fingerprint density at radius 1 is 1.00 bits per heavy atom. The monoisotopic (exact) mass is 433 g/mol. The number of methoxy groups -OCH3 is 1. The lowest BCUT2D eigenvalue weighted by molar-refractivity contribution is 0.184. The van der Waals surface area contributed by atoms with E-state index in [1.165, 1.54) is 0 Å². The summed E-state index contributed by atoms with van der Waals surface area (Å²) in [6.45, 7) is 0.356. The van der Waals surface area contributed by atoms with Crippen molar-refractivity contribution in [3.05, 3.63) is 89.7 Å². The molecular weight excluding hydrogens is 410 g/mol. The van der Waals surface area contributed by atoms with Crippen molar-refractivity contribution in [2.45, 2.75) is 35.7 Å². The first kappa shape index (κ1) is 22.3. The molecule has 0 radical (unpaired) electrons. The van der Waals surface area contributed by atoms with E-state index < -0.39 is 9.84 Å². The zero-order valence-corrected chi connectivity index (χ0v) is 18.0. The fourth-order valence-corrected chi connectivity index (χ4v) is 4.55. The van der Waals surface area contributed by atoms with E-state index >= 15 is 0 Å². The molecule has 0 bridgehead atoms. The Bertz CT molecular complexity index is 1180. The summed E-state index contributed by atoms with van der Waals surface area (Å²) in [5.41, 5.74) is 3.60. The van der Waals surface area contributed by atoms with Gasteiger partial charge in [0.1, 0.15) is 0 Å². The van der Waals surface area contributed by atoms with Crippen LogP contribution in [0.15, 0.2) is 87.8 Å². The average Bonchev–Trinajstić information content (AvgIpc) is 2.79. The van der Waals surface area contributed by atoms with Gasteiger partial charge in [-0.1, -0.05) is 24.3 Å². The van der Waals surface area contributed by atoms with E-state index in [2.05, 4.69) is 9.98 Å². The van der Waals surface area contributed by atoms with Gasteiger partial charge >= 0.3 is 0 Å². The van der Waals surface area contributed by atoms with Crippen LogP contribution >= 0.6 is 0 Å². The van der Waals surface area contributed by atoms with Crippen LogP contribution < -0.4 is 0 Å². The minimum Gasteiger partial charge on any atom is -0.380 e. The first-order chi connectivity index (χ1) is 15.0. The third-order valence-electron chi connectivity index (χ3n) is 4.82. The highest BCUT2D eigenvalue weighted by Crippen LogP contribution is 2.23. The van der Waals surface area contributed by atoms with Crippen LogP contribution in [0, 0.1) is 11.5 Å². The highest BCUT2D eigenvalue weighted by atomic mass is 32.2. The van der Waals surface area contributed by atoms with Gasteiger partial charge in [0.25, 0.3) is 0 Å². The standard InChI is InChI=1S/C24H23N3O3S/c1-30-17-21-3-2-4-24(16-21)31(28,29)23-9-6-19(7-10-23)5-8-22(27-18-25)15-20-11-13-26-14-12-20/h2-4,6-7,9-14,16H,5,8,15,17H2,1H3. The molecule has 158 valence electrons. The van der Waals surface area contributed by atoms with Gasteiger partial charge in [-0.2, -0.15) is 10.3 Å². The largest absolute Gasteiger partial charge is 0.380 e. The van der Waals surface area contributed by atoms with Gasteiger partial charge in [0.15, 0.2) is 0 Å². The molecule has 2 aromatic carbocycles. The molecule has 0 unspecified atom stereocenters. The lowest BCUT2D eigenvalue weighted by Crippen LogP contribution is -2.06. The zero-order valence-electron chi connectivity index (χ0n) is 17.2. The minimum atomic E-state index is -3.61. The topological polar surface area (TPSA) is 92.4 Å². The van der Waals surface area contributed by atoms with Crippen molar-refractivity contribution in [1.82, 2.24) is 4.98 Å². The molecule has 1 heterocycles. The molecule has 0 spiro atoms. The summed E-state index contributed by atoms with van der Waals surface area (Å²) in [5.74, 6) is 0. The number of nitriles is 1. The summed E-state index contributed by atoms with van der Waals surface area (Å²) in [7, 11) is -2.03. The van der Waals surface area contributed by atoms with Crippen LogP contribution in [0.2, 0.25) is 0 Å². The quantitative estimate of drug-likeness (QED) is 0.373. The summed E-state index contributed by atoms with van der Waals surface area (Å²) >= 11 is 0. The van der Waals surface area contributed by atoms with Gasteiger partial charge in [-0.05, 0) is 65.9 Å². The van der Waals surface area contributed by atoms with Gasteiger partial charge in [0, 0.05) is 31.6 Å². The SMILES string of the molecule is COCc1cccc(S(=O)(=O)c2ccc(CCC(Cc3ccncc3)=NC#N)cc2)c1. The van der Waals surface area contributed by atoms with Crippen LogP contribution in [0.25, 0.3) is 0 Å². The normalized spacial score (nSPS) is 11.8. The Hall–Kier alpha value is -3.34. The molecule has 1 aromatic heterocycles. The molecule has 0 N–H and O–H groups in total. The van der Waals surface area contributed by atoms with Crippen LogP contribution in [0.4, 0.5) is 0 Å². The highest BCUT2D eigenvalue weighted by molar-refractivity contribution is 7.91. The lowest BCUT2D eigenvalue weighted by atomic mass is 10.0. The first-order valence-corrected chi connectivity index (χ1v) is 11.3. The summed E-state index contributed by atoms with van der Waals surface area (Å²) in [6, 6.07) is 17.4. The summed E-state index contributed by atoms with van der Waals surface area (Å²) < 4.78 is 31.0. The molecule has 7 heteroatoms. The predicted molar refractivity (Wildman–Crippen MR) is 118 cm³/mol. The van der Waals surface area contributed by atoms with E-state index in [0.717, 1.165) is 22.4 Å². The molecule has 0 amide bonds. The number of aliphatic imine (C=N–C) groups is 1. The van der Waals surface area contributed by atoms with E-state index in [9.17, 15) is 8.42 Å². The van der Waals surface area contributed by atoms with Crippen LogP contribution in [0.3, 0.4) is 0 Å². The zero-order chi connectivity index (χ0) is 22.1. The number of nitrogens with zero attached hydrogens (tertiary/aromatic N) is 3. The molecule has 3 aromatic rings. The number of rotatable bonds is 9. The molecule has 0 aliphatic carbocycles. The molecule has 3 rings (SSSR count). The highest BCUT2D eigenvalue weighted by Gasteiger charge is 2.18. The average molecular weight is 434 g/mol. The van der Waals surface area contributed by atoms with Crippen molar-refractivity contribution in [1.29, 1.82) is 5.26 Å². The number of aryl methyl sites for hydroxylation is 1. The maximum atomic E-state index is 13.0. The molecule has 31 heavy (non-hydrogen) atoms. The van der Waals surface area contributed by atoms with Gasteiger partial charge in [-0.3, -0.25) is 4.98 Å². The Balaban J connectivity index is 1.70. The Morgan fingerprint density at radius 3 is 2.42 bits per heavy atom. The van der Waals surface area contributed by atoms with Gasteiger partial charge in [0.2, 0.25) is 16.0 Å². The molecule has 6 nitrogen and oxygen atoms in total. The second-order valence-electron chi connectivity index (χ2n) is 7.04. The van der Waals surface area contributed by atoms with Crippen molar-refractivity contribution in [3.8, 4) is 6.19 Å². The van der Waals surface area contributed by atoms with E-state index in [0.29, 0.717) is 25.9 Å². The van der Waals surface area contributed by atoms with Crippen LogP contribution in [0.5, 0.6) is 0 Å². The van der Waals surface area contributed by atoms with E-state index in [1.54, 1.807) is 49.8 Å². The van der Waals surface area contributed by atoms with Crippen molar-refractivity contribution in [3.63, 3.8) is 0 Å². The van der Waals surface area contributed by atoms with Crippen molar-refractivity contribution >= 4 is 15.5 Å². The van der Waals surface area contributed by atoms with Crippen molar-refractivity contribution < 1.29 is 13.2 Å². The van der Waals surface area contributed by atoms with Crippen molar-refractivity contribution in [2.75, 3.05) is 7.11 Å². The molecule has 0 aliphatic rings. The molecule has 0 saturated heterocycles. The molecule has 0 saturated carbocycles. The second-order valence-corrected chi connectivity index (χ2v) is 8.99. The van der Waals surface area contributed by atoms with Crippen LogP contribution in [0.1, 0.15) is 23.1 Å². The smallest absolute Gasteiger partial charge is 0.206 e. The third-order valence-corrected chi connectivity index (χ3v) is 6.59. The fraction of sp³-hybridized carbons (Fsp3) is 0.208. The van der Waals surface area contributed by atoms with Gasteiger partial charge in [-0.25, -0.2) is 8.42 Å². The molecular formula is C24H23N3O3S. The van der Waals surface area contributed by atoms with E-state index in [4.69, 9.17) is 10.00 Å². The van der Waals surface area contributed by atoms with Crippen LogP contribution in [-0.4, -0.2) is 26.2 Å². The summed E-state index contributed by atoms with van der Waals surface area (Å²) in [6.07, 6.45) is 7.15. The number of hydrogen-bond acceptors (Lipinski definition) is 6. The first-order valence-electron chi connectivity index (χ1n) is 9.78. The number of hydrogen-bond donors (Lipinski definition) is 0. The molecule has 0 aliphatic heterocycles. The van der Waals surface area contributed by atoms with Gasteiger partial charge in [-0.15, -0.1) is 0 Å². The maximum absolute atomic E-state index is 13.0.